The molecule has 0 heterocycles. The summed E-state index contributed by atoms with van der Waals surface area (Å²) in [4.78, 5) is 23.4. The highest BCUT2D eigenvalue weighted by atomic mass is 79.9. The Bertz CT molecular complexity index is 749. The maximum absolute atomic E-state index is 12.4. The fraction of sp³-hybridized carbons (Fsp3) is 0.176. The minimum absolute atomic E-state index is 0.343. The van der Waals surface area contributed by atoms with Crippen molar-refractivity contribution in [2.75, 3.05) is 7.11 Å². The van der Waals surface area contributed by atoms with Crippen molar-refractivity contribution in [3.8, 4) is 5.75 Å². The molecule has 0 aliphatic rings. The van der Waals surface area contributed by atoms with Crippen LogP contribution in [0.5, 0.6) is 5.75 Å². The van der Waals surface area contributed by atoms with Gasteiger partial charge in [-0.25, -0.2) is 0 Å². The number of carboxylic acid groups (broad SMARTS) is 1. The Labute approximate surface area is 152 Å². The SMILES string of the molecule is COc1ccc(C(=O)N[C@H](CC(=O)[O-])c2ccc(Cl)cc2)cc1Br. The fourth-order valence-electron chi connectivity index (χ4n) is 2.16. The number of benzene rings is 2. The van der Waals surface area contributed by atoms with Crippen molar-refractivity contribution in [1.82, 2.24) is 5.32 Å². The zero-order valence-corrected chi connectivity index (χ0v) is 15.1. The summed E-state index contributed by atoms with van der Waals surface area (Å²) in [5.41, 5.74) is 1.00. The molecule has 0 saturated carbocycles. The van der Waals surface area contributed by atoms with E-state index in [0.717, 1.165) is 0 Å². The van der Waals surface area contributed by atoms with Crippen LogP contribution in [-0.2, 0) is 4.79 Å². The Hall–Kier alpha value is -2.05. The van der Waals surface area contributed by atoms with Crippen LogP contribution in [0.15, 0.2) is 46.9 Å². The van der Waals surface area contributed by atoms with E-state index in [0.29, 0.717) is 26.4 Å². The molecule has 0 aliphatic carbocycles. The zero-order valence-electron chi connectivity index (χ0n) is 12.7. The number of methoxy groups -OCH3 is 1. The lowest BCUT2D eigenvalue weighted by Crippen LogP contribution is -2.34. The van der Waals surface area contributed by atoms with Crippen LogP contribution in [0.3, 0.4) is 0 Å². The fourth-order valence-corrected chi connectivity index (χ4v) is 2.83. The van der Waals surface area contributed by atoms with Crippen molar-refractivity contribution in [2.24, 2.45) is 0 Å². The third kappa shape index (κ3) is 4.72. The second-order valence-electron chi connectivity index (χ2n) is 5.00. The van der Waals surface area contributed by atoms with E-state index in [4.69, 9.17) is 16.3 Å². The van der Waals surface area contributed by atoms with Gasteiger partial charge in [0.05, 0.1) is 17.6 Å². The molecule has 5 nitrogen and oxygen atoms in total. The van der Waals surface area contributed by atoms with Crippen LogP contribution < -0.4 is 15.2 Å². The number of amides is 1. The zero-order chi connectivity index (χ0) is 17.7. The highest BCUT2D eigenvalue weighted by Crippen LogP contribution is 2.26. The van der Waals surface area contributed by atoms with Crippen molar-refractivity contribution in [3.63, 3.8) is 0 Å². The van der Waals surface area contributed by atoms with Crippen LogP contribution in [-0.4, -0.2) is 19.0 Å². The smallest absolute Gasteiger partial charge is 0.251 e. The molecule has 0 bridgehead atoms. The first-order chi connectivity index (χ1) is 11.4. The summed E-state index contributed by atoms with van der Waals surface area (Å²) in [5.74, 6) is -1.07. The molecule has 0 radical (unpaired) electrons. The summed E-state index contributed by atoms with van der Waals surface area (Å²) in [5, 5.41) is 14.2. The lowest BCUT2D eigenvalue weighted by molar-refractivity contribution is -0.306. The number of hydrogen-bond donors (Lipinski definition) is 1. The summed E-state index contributed by atoms with van der Waals surface area (Å²) < 4.78 is 5.74. The molecule has 0 fully saturated rings. The van der Waals surface area contributed by atoms with Gasteiger partial charge in [-0.05, 0) is 51.8 Å². The normalized spacial score (nSPS) is 11.6. The summed E-state index contributed by atoms with van der Waals surface area (Å²) >= 11 is 9.15. The van der Waals surface area contributed by atoms with Crippen LogP contribution in [0.2, 0.25) is 5.02 Å². The lowest BCUT2D eigenvalue weighted by Gasteiger charge is -2.20. The molecule has 1 amide bonds. The Morgan fingerprint density at radius 2 is 1.92 bits per heavy atom. The van der Waals surface area contributed by atoms with Gasteiger partial charge in [0.25, 0.3) is 5.91 Å². The predicted molar refractivity (Wildman–Crippen MR) is 92.0 cm³/mol. The van der Waals surface area contributed by atoms with Gasteiger partial charge in [0.2, 0.25) is 0 Å². The Balaban J connectivity index is 2.22. The van der Waals surface area contributed by atoms with E-state index >= 15 is 0 Å². The number of carboxylic acids is 1. The van der Waals surface area contributed by atoms with Gasteiger partial charge in [0.1, 0.15) is 5.75 Å². The number of halogens is 2. The summed E-state index contributed by atoms with van der Waals surface area (Å²) in [6.45, 7) is 0. The summed E-state index contributed by atoms with van der Waals surface area (Å²) in [7, 11) is 1.52. The number of carbonyl (C=O) groups is 2. The van der Waals surface area contributed by atoms with Gasteiger partial charge in [0.15, 0.2) is 0 Å². The molecular weight excluding hydrogens is 398 g/mol. The maximum atomic E-state index is 12.4. The van der Waals surface area contributed by atoms with Gasteiger partial charge in [-0.15, -0.1) is 0 Å². The van der Waals surface area contributed by atoms with E-state index in [1.54, 1.807) is 42.5 Å². The Kier molecular flexibility index (Phi) is 6.23. The molecule has 0 unspecified atom stereocenters. The number of rotatable bonds is 6. The van der Waals surface area contributed by atoms with E-state index < -0.39 is 17.9 Å². The van der Waals surface area contributed by atoms with Crippen molar-refractivity contribution in [3.05, 3.63) is 63.1 Å². The number of aliphatic carboxylic acids is 1. The first-order valence-electron chi connectivity index (χ1n) is 7.00. The quantitative estimate of drug-likeness (QED) is 0.793. The van der Waals surface area contributed by atoms with Crippen molar-refractivity contribution >= 4 is 39.4 Å². The highest BCUT2D eigenvalue weighted by molar-refractivity contribution is 9.10. The van der Waals surface area contributed by atoms with Gasteiger partial charge in [-0.3, -0.25) is 4.79 Å². The van der Waals surface area contributed by atoms with Crippen molar-refractivity contribution in [1.29, 1.82) is 0 Å². The minimum Gasteiger partial charge on any atom is -0.550 e. The first kappa shape index (κ1) is 18.3. The molecule has 2 rings (SSSR count). The molecule has 1 N–H and O–H groups in total. The molecule has 0 aliphatic heterocycles. The van der Waals surface area contributed by atoms with Gasteiger partial charge in [-0.2, -0.15) is 0 Å². The number of ether oxygens (including phenoxy) is 1. The molecule has 0 saturated heterocycles. The van der Waals surface area contributed by atoms with Crippen molar-refractivity contribution < 1.29 is 19.4 Å². The molecule has 0 spiro atoms. The van der Waals surface area contributed by atoms with Crippen LogP contribution in [0, 0.1) is 0 Å². The Morgan fingerprint density at radius 1 is 1.25 bits per heavy atom. The predicted octanol–water partition coefficient (Wildman–Crippen LogP) is 2.72. The highest BCUT2D eigenvalue weighted by Gasteiger charge is 2.17. The van der Waals surface area contributed by atoms with E-state index in [1.807, 2.05) is 0 Å². The lowest BCUT2D eigenvalue weighted by atomic mass is 10.0. The van der Waals surface area contributed by atoms with Crippen LogP contribution >= 0.6 is 27.5 Å². The number of nitrogens with one attached hydrogen (secondary N) is 1. The van der Waals surface area contributed by atoms with Gasteiger partial charge >= 0.3 is 0 Å². The third-order valence-electron chi connectivity index (χ3n) is 3.36. The van der Waals surface area contributed by atoms with Crippen molar-refractivity contribution in [2.45, 2.75) is 12.5 Å². The minimum atomic E-state index is -1.26. The second kappa shape index (κ2) is 8.17. The molecule has 0 aromatic heterocycles. The Morgan fingerprint density at radius 3 is 2.46 bits per heavy atom. The second-order valence-corrected chi connectivity index (χ2v) is 6.29. The molecule has 2 aromatic carbocycles. The largest absolute Gasteiger partial charge is 0.550 e. The summed E-state index contributed by atoms with van der Waals surface area (Å²) in [6.07, 6.45) is -0.343. The maximum Gasteiger partial charge on any atom is 0.251 e. The molecule has 1 atom stereocenters. The van der Waals surface area contributed by atoms with E-state index in [-0.39, 0.29) is 6.42 Å². The van der Waals surface area contributed by atoms with Gasteiger partial charge in [-0.1, -0.05) is 23.7 Å². The van der Waals surface area contributed by atoms with E-state index in [9.17, 15) is 14.7 Å². The van der Waals surface area contributed by atoms with Gasteiger partial charge < -0.3 is 20.0 Å². The average molecular weight is 412 g/mol. The van der Waals surface area contributed by atoms with E-state index in [2.05, 4.69) is 21.2 Å². The van der Waals surface area contributed by atoms with Crippen LogP contribution in [0.25, 0.3) is 0 Å². The van der Waals surface area contributed by atoms with E-state index in [1.165, 1.54) is 7.11 Å². The average Bonchev–Trinajstić information content (AvgIpc) is 2.54. The molecule has 24 heavy (non-hydrogen) atoms. The molecule has 7 heteroatoms. The third-order valence-corrected chi connectivity index (χ3v) is 4.23. The standard InChI is InChI=1S/C17H15BrClNO4/c1-24-15-7-4-11(8-13(15)18)17(23)20-14(9-16(21)22)10-2-5-12(19)6-3-10/h2-8,14H,9H2,1H3,(H,20,23)(H,21,22)/p-1/t14-/m1/s1. The van der Waals surface area contributed by atoms with Gasteiger partial charge in [0, 0.05) is 23.0 Å². The molecule has 2 aromatic rings. The van der Waals surface area contributed by atoms with Crippen LogP contribution in [0.4, 0.5) is 0 Å². The molecule has 126 valence electrons. The topological polar surface area (TPSA) is 78.5 Å². The number of carbonyl (C=O) groups excluding carboxylic acids is 2. The summed E-state index contributed by atoms with van der Waals surface area (Å²) in [6, 6.07) is 10.7. The van der Waals surface area contributed by atoms with Crippen LogP contribution in [0.1, 0.15) is 28.4 Å². The first-order valence-corrected chi connectivity index (χ1v) is 8.17. The number of hydrogen-bond acceptors (Lipinski definition) is 4. The monoisotopic (exact) mass is 410 g/mol. The molecular formula is C17H14BrClNO4-.